The fraction of sp³-hybridized carbons (Fsp3) is 0.407. The number of benzene rings is 2. The number of piperidine rings is 1. The third-order valence-electron chi connectivity index (χ3n) is 7.45. The predicted molar refractivity (Wildman–Crippen MR) is 134 cm³/mol. The lowest BCUT2D eigenvalue weighted by Gasteiger charge is -2.37. The zero-order valence-electron chi connectivity index (χ0n) is 20.2. The van der Waals surface area contributed by atoms with Gasteiger partial charge in [-0.2, -0.15) is 0 Å². The number of piperazine rings is 1. The molecule has 0 aliphatic carbocycles. The van der Waals surface area contributed by atoms with Crippen LogP contribution in [-0.4, -0.2) is 72.2 Å². The van der Waals surface area contributed by atoms with Crippen molar-refractivity contribution in [3.05, 3.63) is 64.7 Å². The maximum Gasteiger partial charge on any atom is 0.255 e. The van der Waals surface area contributed by atoms with E-state index in [9.17, 15) is 19.2 Å². The van der Waals surface area contributed by atoms with Gasteiger partial charge < -0.3 is 15.5 Å². The number of imide groups is 1. The molecular weight excluding hydrogens is 458 g/mol. The van der Waals surface area contributed by atoms with Crippen LogP contribution in [0, 0.1) is 0 Å². The number of aryl methyl sites for hydroxylation is 1. The van der Waals surface area contributed by atoms with Crippen molar-refractivity contribution in [3.8, 4) is 0 Å². The molecule has 3 aliphatic heterocycles. The number of anilines is 1. The highest BCUT2D eigenvalue weighted by Gasteiger charge is 2.40. The second-order valence-corrected chi connectivity index (χ2v) is 9.70. The molecule has 3 N–H and O–H groups in total. The summed E-state index contributed by atoms with van der Waals surface area (Å²) in [5.41, 5.74) is 9.72. The van der Waals surface area contributed by atoms with Crippen LogP contribution in [0.3, 0.4) is 0 Å². The van der Waals surface area contributed by atoms with E-state index in [1.165, 1.54) is 5.56 Å². The molecule has 2 saturated heterocycles. The topological polar surface area (TPSA) is 116 Å². The van der Waals surface area contributed by atoms with Gasteiger partial charge in [-0.25, -0.2) is 0 Å². The molecule has 188 valence electrons. The molecule has 2 aromatic rings. The summed E-state index contributed by atoms with van der Waals surface area (Å²) in [6, 6.07) is 12.7. The number of hydrogen-bond acceptors (Lipinski definition) is 6. The number of carbonyl (C=O) groups excluding carboxylic acids is 4. The Balaban J connectivity index is 1.16. The first kappa shape index (κ1) is 24.0. The van der Waals surface area contributed by atoms with E-state index in [2.05, 4.69) is 21.2 Å². The average Bonchev–Trinajstić information content (AvgIpc) is 3.21. The third kappa shape index (κ3) is 4.83. The Morgan fingerprint density at radius 1 is 1.00 bits per heavy atom. The number of hydrogen-bond donors (Lipinski definition) is 2. The fourth-order valence-corrected chi connectivity index (χ4v) is 5.42. The number of amides is 4. The van der Waals surface area contributed by atoms with Crippen molar-refractivity contribution in [2.24, 2.45) is 5.73 Å². The lowest BCUT2D eigenvalue weighted by atomic mass is 10.0. The van der Waals surface area contributed by atoms with Crippen LogP contribution in [-0.2, 0) is 22.6 Å². The maximum absolute atomic E-state index is 13.1. The van der Waals surface area contributed by atoms with Crippen LogP contribution in [0.4, 0.5) is 5.69 Å². The van der Waals surface area contributed by atoms with E-state index in [1.807, 2.05) is 24.3 Å². The Labute approximate surface area is 210 Å². The van der Waals surface area contributed by atoms with Crippen LogP contribution in [0.15, 0.2) is 42.5 Å². The second kappa shape index (κ2) is 10.1. The Kier molecular flexibility index (Phi) is 6.73. The van der Waals surface area contributed by atoms with Crippen molar-refractivity contribution in [2.45, 2.75) is 38.3 Å². The normalized spacial score (nSPS) is 20.4. The van der Waals surface area contributed by atoms with Crippen LogP contribution in [0.5, 0.6) is 0 Å². The molecule has 9 heteroatoms. The van der Waals surface area contributed by atoms with Gasteiger partial charge in [0.1, 0.15) is 6.04 Å². The molecule has 3 heterocycles. The number of primary amides is 1. The van der Waals surface area contributed by atoms with Crippen LogP contribution < -0.4 is 16.0 Å². The van der Waals surface area contributed by atoms with Gasteiger partial charge in [0.05, 0.1) is 0 Å². The van der Waals surface area contributed by atoms with E-state index in [1.54, 1.807) is 17.0 Å². The van der Waals surface area contributed by atoms with Gasteiger partial charge in [-0.1, -0.05) is 18.2 Å². The van der Waals surface area contributed by atoms with E-state index >= 15 is 0 Å². The van der Waals surface area contributed by atoms with Gasteiger partial charge in [-0.05, 0) is 55.6 Å². The van der Waals surface area contributed by atoms with E-state index in [0.29, 0.717) is 24.1 Å². The largest absolute Gasteiger partial charge is 0.369 e. The van der Waals surface area contributed by atoms with Gasteiger partial charge in [-0.3, -0.25) is 29.4 Å². The van der Waals surface area contributed by atoms with Crippen molar-refractivity contribution < 1.29 is 19.2 Å². The minimum absolute atomic E-state index is 0.135. The van der Waals surface area contributed by atoms with Crippen molar-refractivity contribution in [1.82, 2.24) is 15.1 Å². The fourth-order valence-electron chi connectivity index (χ4n) is 5.42. The van der Waals surface area contributed by atoms with Crippen molar-refractivity contribution in [1.29, 1.82) is 0 Å². The minimum Gasteiger partial charge on any atom is -0.369 e. The lowest BCUT2D eigenvalue weighted by molar-refractivity contribution is -0.136. The van der Waals surface area contributed by atoms with Gasteiger partial charge in [0.25, 0.3) is 5.91 Å². The summed E-state index contributed by atoms with van der Waals surface area (Å²) in [5.74, 6) is -1.20. The molecule has 0 spiro atoms. The third-order valence-corrected chi connectivity index (χ3v) is 7.45. The van der Waals surface area contributed by atoms with E-state index in [-0.39, 0.29) is 24.1 Å². The van der Waals surface area contributed by atoms with Crippen LogP contribution in [0.2, 0.25) is 0 Å². The highest BCUT2D eigenvalue weighted by molar-refractivity contribution is 6.06. The van der Waals surface area contributed by atoms with Crippen LogP contribution in [0.25, 0.3) is 0 Å². The molecule has 5 rings (SSSR count). The molecular formula is C27H31N5O4. The molecule has 3 aliphatic rings. The van der Waals surface area contributed by atoms with Crippen molar-refractivity contribution in [2.75, 3.05) is 37.6 Å². The molecule has 0 radical (unpaired) electrons. The quantitative estimate of drug-likeness (QED) is 0.567. The highest BCUT2D eigenvalue weighted by Crippen LogP contribution is 2.34. The number of nitrogens with zero attached hydrogens (tertiary/aromatic N) is 3. The summed E-state index contributed by atoms with van der Waals surface area (Å²) in [4.78, 5) is 54.6. The zero-order chi connectivity index (χ0) is 25.2. The van der Waals surface area contributed by atoms with Crippen LogP contribution in [0.1, 0.15) is 51.1 Å². The number of nitrogens with two attached hydrogens (primary N) is 1. The Morgan fingerprint density at radius 3 is 2.44 bits per heavy atom. The van der Waals surface area contributed by atoms with E-state index in [0.717, 1.165) is 56.8 Å². The smallest absolute Gasteiger partial charge is 0.255 e. The number of nitrogens with one attached hydrogen (secondary N) is 1. The Morgan fingerprint density at radius 2 is 1.75 bits per heavy atom. The molecule has 0 saturated carbocycles. The number of carbonyl (C=O) groups is 4. The first-order chi connectivity index (χ1) is 17.4. The zero-order valence-corrected chi connectivity index (χ0v) is 20.2. The lowest BCUT2D eigenvalue weighted by Crippen LogP contribution is -2.52. The van der Waals surface area contributed by atoms with E-state index < -0.39 is 11.9 Å². The van der Waals surface area contributed by atoms with Gasteiger partial charge in [0, 0.05) is 61.5 Å². The minimum atomic E-state index is -0.598. The van der Waals surface area contributed by atoms with Gasteiger partial charge in [-0.15, -0.1) is 0 Å². The molecule has 1 unspecified atom stereocenters. The monoisotopic (exact) mass is 489 g/mol. The van der Waals surface area contributed by atoms with Crippen LogP contribution >= 0.6 is 0 Å². The van der Waals surface area contributed by atoms with Gasteiger partial charge in [0.2, 0.25) is 17.7 Å². The van der Waals surface area contributed by atoms with Crippen molar-refractivity contribution in [3.63, 3.8) is 0 Å². The van der Waals surface area contributed by atoms with E-state index in [4.69, 9.17) is 5.73 Å². The summed E-state index contributed by atoms with van der Waals surface area (Å²) < 4.78 is 0. The Bertz CT molecular complexity index is 1190. The van der Waals surface area contributed by atoms with Gasteiger partial charge in [0.15, 0.2) is 0 Å². The molecule has 4 amide bonds. The summed E-state index contributed by atoms with van der Waals surface area (Å²) >= 11 is 0. The molecule has 9 nitrogen and oxygen atoms in total. The first-order valence-electron chi connectivity index (χ1n) is 12.5. The summed E-state index contributed by atoms with van der Waals surface area (Å²) in [6.45, 7) is 5.02. The summed E-state index contributed by atoms with van der Waals surface area (Å²) in [5, 5.41) is 2.36. The second-order valence-electron chi connectivity index (χ2n) is 9.70. The SMILES string of the molecule is NC(=O)c1ccc(CCCN2CCN(c3cccc4c3CN(C3CCC(=O)NC3=O)C4=O)CC2)cc1. The molecule has 0 bridgehead atoms. The maximum atomic E-state index is 13.1. The first-order valence-corrected chi connectivity index (χ1v) is 12.5. The molecule has 1 atom stereocenters. The number of rotatable bonds is 7. The molecule has 2 aromatic carbocycles. The Hall–Kier alpha value is -3.72. The molecule has 2 fully saturated rings. The van der Waals surface area contributed by atoms with Crippen molar-refractivity contribution >= 4 is 29.3 Å². The molecule has 0 aromatic heterocycles. The average molecular weight is 490 g/mol. The van der Waals surface area contributed by atoms with Gasteiger partial charge >= 0.3 is 0 Å². The standard InChI is InChI=1S/C27H31N5O4/c28-25(34)19-8-6-18(7-9-19)3-2-12-30-13-15-31(16-14-30)22-5-1-4-20-21(22)17-32(27(20)36)23-10-11-24(33)29-26(23)35/h1,4-9,23H,2-3,10-17H2,(H2,28,34)(H,29,33,35). The number of fused-ring (bicyclic) bond motifs is 1. The summed E-state index contributed by atoms with van der Waals surface area (Å²) in [7, 11) is 0. The molecule has 36 heavy (non-hydrogen) atoms. The summed E-state index contributed by atoms with van der Waals surface area (Å²) in [6.07, 6.45) is 2.60. The highest BCUT2D eigenvalue weighted by atomic mass is 16.2. The predicted octanol–water partition coefficient (Wildman–Crippen LogP) is 1.30.